The van der Waals surface area contributed by atoms with E-state index in [0.717, 1.165) is 25.0 Å². The molecule has 2 heterocycles. The smallest absolute Gasteiger partial charge is 0.410 e. The summed E-state index contributed by atoms with van der Waals surface area (Å²) in [6.45, 7) is 8.77. The lowest BCUT2D eigenvalue weighted by Crippen LogP contribution is -2.57. The largest absolute Gasteiger partial charge is 0.444 e. The predicted molar refractivity (Wildman–Crippen MR) is 69.3 cm³/mol. The van der Waals surface area contributed by atoms with Crippen LogP contribution in [0.5, 0.6) is 0 Å². The summed E-state index contributed by atoms with van der Waals surface area (Å²) in [5.41, 5.74) is -0.384. The van der Waals surface area contributed by atoms with Crippen molar-refractivity contribution in [1.29, 1.82) is 0 Å². The van der Waals surface area contributed by atoms with Crippen molar-refractivity contribution >= 4 is 6.09 Å². The highest BCUT2D eigenvalue weighted by atomic mass is 16.6. The average Bonchev–Trinajstić information content (AvgIpc) is 2.61. The van der Waals surface area contributed by atoms with Crippen LogP contribution in [-0.2, 0) is 4.74 Å². The Bertz CT molecular complexity index is 330. The number of nitrogens with zero attached hydrogens (tertiary/aromatic N) is 1. The van der Waals surface area contributed by atoms with E-state index in [9.17, 15) is 4.79 Å². The Hall–Kier alpha value is -0.770. The lowest BCUT2D eigenvalue weighted by Gasteiger charge is -2.46. The first kappa shape index (κ1) is 12.3. The summed E-state index contributed by atoms with van der Waals surface area (Å²) in [5.74, 6) is 2.26. The van der Waals surface area contributed by atoms with Crippen LogP contribution in [0.25, 0.3) is 0 Å². The lowest BCUT2D eigenvalue weighted by atomic mass is 9.69. The van der Waals surface area contributed by atoms with E-state index in [-0.39, 0.29) is 11.7 Å². The molecule has 0 radical (unpaired) electrons. The first-order valence-corrected chi connectivity index (χ1v) is 7.14. The number of carbonyl (C=O) groups excluding carboxylic acids is 1. The van der Waals surface area contributed by atoms with Crippen LogP contribution in [0.2, 0.25) is 0 Å². The lowest BCUT2D eigenvalue weighted by molar-refractivity contribution is 0.0284. The van der Waals surface area contributed by atoms with Gasteiger partial charge in [-0.1, -0.05) is 0 Å². The number of amides is 1. The fourth-order valence-corrected chi connectivity index (χ4v) is 3.64. The molecule has 18 heavy (non-hydrogen) atoms. The number of hydrogen-bond acceptors (Lipinski definition) is 3. The Balaban J connectivity index is 1.59. The second kappa shape index (κ2) is 4.12. The fourth-order valence-electron chi connectivity index (χ4n) is 3.64. The molecule has 4 nitrogen and oxygen atoms in total. The third-order valence-corrected chi connectivity index (χ3v) is 4.60. The second-order valence-electron chi connectivity index (χ2n) is 7.15. The number of rotatable bonds is 0. The normalized spacial score (nSPS) is 38.7. The summed E-state index contributed by atoms with van der Waals surface area (Å²) in [6, 6.07) is 0.727. The Morgan fingerprint density at radius 1 is 1.17 bits per heavy atom. The zero-order valence-corrected chi connectivity index (χ0v) is 11.6. The predicted octanol–water partition coefficient (Wildman–Crippen LogP) is 1.85. The Morgan fingerprint density at radius 2 is 1.83 bits per heavy atom. The van der Waals surface area contributed by atoms with E-state index >= 15 is 0 Å². The van der Waals surface area contributed by atoms with Gasteiger partial charge in [-0.25, -0.2) is 4.79 Å². The van der Waals surface area contributed by atoms with Crippen LogP contribution in [0.15, 0.2) is 0 Å². The van der Waals surface area contributed by atoms with E-state index in [2.05, 4.69) is 5.32 Å². The number of carbonyl (C=O) groups is 1. The monoisotopic (exact) mass is 252 g/mol. The maximum absolute atomic E-state index is 12.1. The molecule has 0 aromatic heterocycles. The minimum Gasteiger partial charge on any atom is -0.444 e. The van der Waals surface area contributed by atoms with E-state index in [1.54, 1.807) is 0 Å². The summed E-state index contributed by atoms with van der Waals surface area (Å²) in [4.78, 5) is 14.0. The molecule has 1 amide bonds. The summed E-state index contributed by atoms with van der Waals surface area (Å²) in [7, 11) is 0. The molecule has 0 aromatic rings. The highest BCUT2D eigenvalue weighted by Crippen LogP contribution is 2.42. The summed E-state index contributed by atoms with van der Waals surface area (Å²) in [5, 5.41) is 3.51. The van der Waals surface area contributed by atoms with Crippen molar-refractivity contribution in [3.63, 3.8) is 0 Å². The molecule has 2 saturated heterocycles. The zero-order chi connectivity index (χ0) is 12.9. The third kappa shape index (κ3) is 2.22. The van der Waals surface area contributed by atoms with Crippen molar-refractivity contribution < 1.29 is 9.53 Å². The van der Waals surface area contributed by atoms with E-state index < -0.39 is 0 Å². The number of likely N-dealkylation sites (tertiary alicyclic amines) is 1. The summed E-state index contributed by atoms with van der Waals surface area (Å²) in [6.07, 6.45) is 2.41. The molecule has 0 spiro atoms. The van der Waals surface area contributed by atoms with Gasteiger partial charge in [-0.3, -0.25) is 0 Å². The molecule has 4 heteroatoms. The molecule has 1 saturated carbocycles. The highest BCUT2D eigenvalue weighted by Gasteiger charge is 2.46. The summed E-state index contributed by atoms with van der Waals surface area (Å²) >= 11 is 0. The van der Waals surface area contributed by atoms with Crippen LogP contribution in [0.1, 0.15) is 33.6 Å². The van der Waals surface area contributed by atoms with Gasteiger partial charge in [-0.15, -0.1) is 0 Å². The van der Waals surface area contributed by atoms with Gasteiger partial charge in [0.15, 0.2) is 0 Å². The first-order valence-electron chi connectivity index (χ1n) is 7.14. The molecule has 0 unspecified atom stereocenters. The van der Waals surface area contributed by atoms with Crippen LogP contribution >= 0.6 is 0 Å². The molecule has 1 N–H and O–H groups in total. The van der Waals surface area contributed by atoms with Crippen molar-refractivity contribution in [2.75, 3.05) is 19.6 Å². The standard InChI is InChI=1S/C14H24N2O2/c1-14(2,3)18-13(17)16-7-10-4-9-6-15-12(9)5-11(10)8-16/h9-12,15H,4-8H2,1-3H3/t9-,10+,11+,12-/m1/s1. The minimum absolute atomic E-state index is 0.128. The topological polar surface area (TPSA) is 41.6 Å². The van der Waals surface area contributed by atoms with Gasteiger partial charge < -0.3 is 15.0 Å². The SMILES string of the molecule is CC(C)(C)OC(=O)N1C[C@@H]2C[C@@H]3CN[C@@H]3C[C@H]2C1. The van der Waals surface area contributed by atoms with Crippen LogP contribution in [0.3, 0.4) is 0 Å². The molecule has 0 aromatic carbocycles. The molecule has 102 valence electrons. The fraction of sp³-hybridized carbons (Fsp3) is 0.929. The van der Waals surface area contributed by atoms with Crippen molar-refractivity contribution in [3.05, 3.63) is 0 Å². The molecule has 4 atom stereocenters. The van der Waals surface area contributed by atoms with Crippen LogP contribution in [0, 0.1) is 17.8 Å². The molecule has 0 bridgehead atoms. The summed E-state index contributed by atoms with van der Waals surface area (Å²) < 4.78 is 5.47. The van der Waals surface area contributed by atoms with Gasteiger partial charge >= 0.3 is 6.09 Å². The second-order valence-corrected chi connectivity index (χ2v) is 7.15. The third-order valence-electron chi connectivity index (χ3n) is 4.60. The van der Waals surface area contributed by atoms with Gasteiger partial charge in [0, 0.05) is 19.1 Å². The number of ether oxygens (including phenoxy) is 1. The van der Waals surface area contributed by atoms with E-state index in [1.807, 2.05) is 25.7 Å². The van der Waals surface area contributed by atoms with E-state index in [1.165, 1.54) is 19.4 Å². The van der Waals surface area contributed by atoms with Crippen molar-refractivity contribution in [3.8, 4) is 0 Å². The maximum Gasteiger partial charge on any atom is 0.410 e. The molecular formula is C14H24N2O2. The molecule has 3 fully saturated rings. The molecule has 1 aliphatic carbocycles. The number of nitrogens with one attached hydrogen (secondary N) is 1. The Labute approximate surface area is 109 Å². The number of hydrogen-bond donors (Lipinski definition) is 1. The molecule has 3 rings (SSSR count). The maximum atomic E-state index is 12.1. The van der Waals surface area contributed by atoms with Crippen molar-refractivity contribution in [2.45, 2.75) is 45.3 Å². The zero-order valence-electron chi connectivity index (χ0n) is 11.6. The van der Waals surface area contributed by atoms with Gasteiger partial charge in [-0.05, 0) is 57.9 Å². The van der Waals surface area contributed by atoms with Crippen LogP contribution in [-0.4, -0.2) is 42.3 Å². The highest BCUT2D eigenvalue weighted by molar-refractivity contribution is 5.68. The molecular weight excluding hydrogens is 228 g/mol. The van der Waals surface area contributed by atoms with Crippen LogP contribution < -0.4 is 5.32 Å². The Kier molecular flexibility index (Phi) is 2.81. The first-order chi connectivity index (χ1) is 8.42. The van der Waals surface area contributed by atoms with Gasteiger partial charge in [0.25, 0.3) is 0 Å². The van der Waals surface area contributed by atoms with Crippen LogP contribution in [0.4, 0.5) is 4.79 Å². The Morgan fingerprint density at radius 3 is 2.39 bits per heavy atom. The molecule has 2 aliphatic heterocycles. The van der Waals surface area contributed by atoms with Gasteiger partial charge in [0.2, 0.25) is 0 Å². The molecule has 3 aliphatic rings. The van der Waals surface area contributed by atoms with E-state index in [0.29, 0.717) is 11.8 Å². The van der Waals surface area contributed by atoms with Gasteiger partial charge in [0.1, 0.15) is 5.60 Å². The van der Waals surface area contributed by atoms with Gasteiger partial charge in [-0.2, -0.15) is 0 Å². The van der Waals surface area contributed by atoms with Crippen molar-refractivity contribution in [2.24, 2.45) is 17.8 Å². The quantitative estimate of drug-likeness (QED) is 0.715. The van der Waals surface area contributed by atoms with Gasteiger partial charge in [0.05, 0.1) is 0 Å². The minimum atomic E-state index is -0.384. The van der Waals surface area contributed by atoms with E-state index in [4.69, 9.17) is 4.74 Å². The number of fused-ring (bicyclic) bond motifs is 2. The average molecular weight is 252 g/mol. The van der Waals surface area contributed by atoms with Crippen molar-refractivity contribution in [1.82, 2.24) is 10.2 Å².